The molecule has 0 radical (unpaired) electrons. The molecule has 1 aromatic heterocycles. The van der Waals surface area contributed by atoms with E-state index in [0.717, 1.165) is 18.5 Å². The monoisotopic (exact) mass is 228 g/mol. The van der Waals surface area contributed by atoms with Crippen LogP contribution in [0, 0.1) is 0 Å². The fourth-order valence-electron chi connectivity index (χ4n) is 1.21. The predicted octanol–water partition coefficient (Wildman–Crippen LogP) is 2.15. The summed E-state index contributed by atoms with van der Waals surface area (Å²) in [6.07, 6.45) is 2.71. The Balaban J connectivity index is 2.36. The first-order valence-electron chi connectivity index (χ1n) is 5.01. The van der Waals surface area contributed by atoms with Gasteiger partial charge in [0, 0.05) is 18.3 Å². The Morgan fingerprint density at radius 1 is 1.47 bits per heavy atom. The molecular formula is C11H17ClN2O. The molecule has 15 heavy (non-hydrogen) atoms. The Hall–Kier alpha value is -0.800. The molecule has 0 spiro atoms. The van der Waals surface area contributed by atoms with E-state index in [-0.39, 0.29) is 0 Å². The van der Waals surface area contributed by atoms with Crippen LogP contribution in [-0.4, -0.2) is 37.1 Å². The number of aromatic nitrogens is 1. The molecule has 0 saturated heterocycles. The molecule has 4 heteroatoms. The van der Waals surface area contributed by atoms with Gasteiger partial charge in [0.25, 0.3) is 0 Å². The number of rotatable bonds is 6. The second-order valence-electron chi connectivity index (χ2n) is 3.61. The van der Waals surface area contributed by atoms with E-state index in [0.29, 0.717) is 18.4 Å². The van der Waals surface area contributed by atoms with Crippen LogP contribution in [0.2, 0.25) is 0 Å². The third kappa shape index (κ3) is 4.49. The topological polar surface area (TPSA) is 25.4 Å². The molecular weight excluding hydrogens is 212 g/mol. The third-order valence-electron chi connectivity index (χ3n) is 1.98. The molecule has 0 saturated carbocycles. The summed E-state index contributed by atoms with van der Waals surface area (Å²) in [4.78, 5) is 6.28. The van der Waals surface area contributed by atoms with Gasteiger partial charge in [-0.25, -0.2) is 4.98 Å². The third-order valence-corrected chi connectivity index (χ3v) is 2.27. The fourth-order valence-corrected chi connectivity index (χ4v) is 1.41. The molecule has 1 rings (SSSR count). The Kier molecular flexibility index (Phi) is 5.43. The van der Waals surface area contributed by atoms with Crippen LogP contribution in [-0.2, 0) is 5.88 Å². The van der Waals surface area contributed by atoms with Crippen LogP contribution >= 0.6 is 11.6 Å². The molecule has 0 aliphatic heterocycles. The van der Waals surface area contributed by atoms with Crippen molar-refractivity contribution in [2.75, 3.05) is 27.2 Å². The first-order valence-corrected chi connectivity index (χ1v) is 5.55. The number of hydrogen-bond donors (Lipinski definition) is 0. The Morgan fingerprint density at radius 2 is 2.27 bits per heavy atom. The van der Waals surface area contributed by atoms with Gasteiger partial charge in [0.1, 0.15) is 0 Å². The SMILES string of the molecule is CN(C)CCCOc1ncccc1CCl. The van der Waals surface area contributed by atoms with E-state index in [1.54, 1.807) is 6.20 Å². The summed E-state index contributed by atoms with van der Waals surface area (Å²) in [6.45, 7) is 1.70. The van der Waals surface area contributed by atoms with Gasteiger partial charge in [-0.2, -0.15) is 0 Å². The van der Waals surface area contributed by atoms with E-state index in [1.807, 2.05) is 26.2 Å². The molecule has 0 aromatic carbocycles. The van der Waals surface area contributed by atoms with Crippen molar-refractivity contribution in [2.45, 2.75) is 12.3 Å². The summed E-state index contributed by atoms with van der Waals surface area (Å²) >= 11 is 5.77. The minimum absolute atomic E-state index is 0.441. The number of pyridine rings is 1. The molecule has 3 nitrogen and oxygen atoms in total. The largest absolute Gasteiger partial charge is 0.477 e. The van der Waals surface area contributed by atoms with Crippen LogP contribution in [0.4, 0.5) is 0 Å². The zero-order valence-corrected chi connectivity index (χ0v) is 10.00. The smallest absolute Gasteiger partial charge is 0.217 e. The summed E-state index contributed by atoms with van der Waals surface area (Å²) in [5.41, 5.74) is 0.948. The molecule has 0 bridgehead atoms. The van der Waals surface area contributed by atoms with Gasteiger partial charge in [0.15, 0.2) is 0 Å². The van der Waals surface area contributed by atoms with E-state index in [4.69, 9.17) is 16.3 Å². The van der Waals surface area contributed by atoms with Crippen molar-refractivity contribution in [3.63, 3.8) is 0 Å². The quantitative estimate of drug-likeness (QED) is 0.551. The van der Waals surface area contributed by atoms with Crippen molar-refractivity contribution < 1.29 is 4.74 Å². The molecule has 0 aliphatic rings. The lowest BCUT2D eigenvalue weighted by molar-refractivity contribution is 0.271. The van der Waals surface area contributed by atoms with Crippen LogP contribution in [0.1, 0.15) is 12.0 Å². The number of hydrogen-bond acceptors (Lipinski definition) is 3. The zero-order chi connectivity index (χ0) is 11.1. The van der Waals surface area contributed by atoms with Crippen LogP contribution in [0.25, 0.3) is 0 Å². The maximum Gasteiger partial charge on any atom is 0.217 e. The molecule has 1 heterocycles. The molecule has 0 unspecified atom stereocenters. The van der Waals surface area contributed by atoms with Gasteiger partial charge < -0.3 is 9.64 Å². The molecule has 1 aromatic rings. The minimum atomic E-state index is 0.441. The van der Waals surface area contributed by atoms with Gasteiger partial charge in [-0.15, -0.1) is 11.6 Å². The highest BCUT2D eigenvalue weighted by Crippen LogP contribution is 2.16. The second kappa shape index (κ2) is 6.64. The lowest BCUT2D eigenvalue weighted by atomic mass is 10.3. The highest BCUT2D eigenvalue weighted by atomic mass is 35.5. The van der Waals surface area contributed by atoms with Crippen molar-refractivity contribution >= 4 is 11.6 Å². The van der Waals surface area contributed by atoms with Gasteiger partial charge in [0.2, 0.25) is 5.88 Å². The van der Waals surface area contributed by atoms with Crippen molar-refractivity contribution in [3.05, 3.63) is 23.9 Å². The first kappa shape index (κ1) is 12.3. The van der Waals surface area contributed by atoms with E-state index < -0.39 is 0 Å². The second-order valence-corrected chi connectivity index (χ2v) is 3.87. The van der Waals surface area contributed by atoms with Gasteiger partial charge >= 0.3 is 0 Å². The first-order chi connectivity index (χ1) is 7.24. The van der Waals surface area contributed by atoms with Crippen LogP contribution in [0.15, 0.2) is 18.3 Å². The molecule has 0 N–H and O–H groups in total. The van der Waals surface area contributed by atoms with Gasteiger partial charge in [0.05, 0.1) is 12.5 Å². The number of nitrogens with zero attached hydrogens (tertiary/aromatic N) is 2. The summed E-state index contributed by atoms with van der Waals surface area (Å²) in [6, 6.07) is 3.80. The predicted molar refractivity (Wildman–Crippen MR) is 62.5 cm³/mol. The average molecular weight is 229 g/mol. The Labute approximate surface area is 96.0 Å². The van der Waals surface area contributed by atoms with Gasteiger partial charge in [-0.1, -0.05) is 6.07 Å². The maximum absolute atomic E-state index is 5.77. The highest BCUT2D eigenvalue weighted by molar-refractivity contribution is 6.17. The Morgan fingerprint density at radius 3 is 2.93 bits per heavy atom. The molecule has 0 fully saturated rings. The summed E-state index contributed by atoms with van der Waals surface area (Å²) in [7, 11) is 4.09. The van der Waals surface area contributed by atoms with Crippen LogP contribution in [0.3, 0.4) is 0 Å². The molecule has 0 aliphatic carbocycles. The standard InChI is InChI=1S/C11H17ClN2O/c1-14(2)7-4-8-15-11-10(9-12)5-3-6-13-11/h3,5-6H,4,7-9H2,1-2H3. The van der Waals surface area contributed by atoms with Crippen molar-refractivity contribution in [2.24, 2.45) is 0 Å². The Bertz CT molecular complexity index is 292. The van der Waals surface area contributed by atoms with Crippen LogP contribution in [0.5, 0.6) is 5.88 Å². The van der Waals surface area contributed by atoms with Gasteiger partial charge in [-0.3, -0.25) is 0 Å². The minimum Gasteiger partial charge on any atom is -0.477 e. The van der Waals surface area contributed by atoms with E-state index in [2.05, 4.69) is 9.88 Å². The lowest BCUT2D eigenvalue weighted by Gasteiger charge is -2.11. The summed E-state index contributed by atoms with van der Waals surface area (Å²) in [5.74, 6) is 1.10. The fraction of sp³-hybridized carbons (Fsp3) is 0.545. The zero-order valence-electron chi connectivity index (χ0n) is 9.24. The number of ether oxygens (including phenoxy) is 1. The van der Waals surface area contributed by atoms with Crippen LogP contribution < -0.4 is 4.74 Å². The highest BCUT2D eigenvalue weighted by Gasteiger charge is 2.02. The summed E-state index contributed by atoms with van der Waals surface area (Å²) < 4.78 is 5.56. The lowest BCUT2D eigenvalue weighted by Crippen LogP contribution is -2.15. The maximum atomic E-state index is 5.77. The number of halogens is 1. The van der Waals surface area contributed by atoms with E-state index in [9.17, 15) is 0 Å². The normalized spacial score (nSPS) is 10.7. The molecule has 0 atom stereocenters. The average Bonchev–Trinajstić information content (AvgIpc) is 2.24. The number of alkyl halides is 1. The van der Waals surface area contributed by atoms with Gasteiger partial charge in [-0.05, 0) is 26.6 Å². The van der Waals surface area contributed by atoms with E-state index in [1.165, 1.54) is 0 Å². The van der Waals surface area contributed by atoms with Crippen molar-refractivity contribution in [3.8, 4) is 5.88 Å². The molecule has 0 amide bonds. The summed E-state index contributed by atoms with van der Waals surface area (Å²) in [5, 5.41) is 0. The van der Waals surface area contributed by atoms with Crippen molar-refractivity contribution in [1.82, 2.24) is 9.88 Å². The molecule has 84 valence electrons. The van der Waals surface area contributed by atoms with Crippen molar-refractivity contribution in [1.29, 1.82) is 0 Å². The van der Waals surface area contributed by atoms with E-state index >= 15 is 0 Å².